The van der Waals surface area contributed by atoms with E-state index >= 15 is 0 Å². The zero-order valence-corrected chi connectivity index (χ0v) is 20.0. The maximum atomic E-state index is 13.9. The first-order valence-electron chi connectivity index (χ1n) is 11.4. The molecule has 6 nitrogen and oxygen atoms in total. The van der Waals surface area contributed by atoms with Crippen LogP contribution in [-0.2, 0) is 18.5 Å². The molecule has 1 fully saturated rings. The van der Waals surface area contributed by atoms with Crippen LogP contribution < -0.4 is 5.32 Å². The van der Waals surface area contributed by atoms with Gasteiger partial charge in [-0.3, -0.25) is 4.79 Å². The number of nitrogens with one attached hydrogen (secondary N) is 1. The van der Waals surface area contributed by atoms with Gasteiger partial charge in [0.15, 0.2) is 5.65 Å². The highest BCUT2D eigenvalue weighted by atomic mass is 35.5. The average molecular weight is 452 g/mol. The lowest BCUT2D eigenvalue weighted by molar-refractivity contribution is 0.0566. The molecule has 0 unspecified atom stereocenters. The van der Waals surface area contributed by atoms with Gasteiger partial charge >= 0.3 is 0 Å². The number of aryl methyl sites for hydroxylation is 2. The predicted molar refractivity (Wildman–Crippen MR) is 126 cm³/mol. The minimum absolute atomic E-state index is 0.0677. The quantitative estimate of drug-likeness (QED) is 0.639. The van der Waals surface area contributed by atoms with Crippen molar-refractivity contribution in [3.05, 3.63) is 63.1 Å². The summed E-state index contributed by atoms with van der Waals surface area (Å²) in [5.74, 6) is 0.691. The van der Waals surface area contributed by atoms with Crippen molar-refractivity contribution in [2.24, 2.45) is 5.92 Å². The molecule has 0 saturated carbocycles. The van der Waals surface area contributed by atoms with Gasteiger partial charge in [0.25, 0.3) is 5.91 Å². The van der Waals surface area contributed by atoms with Gasteiger partial charge in [0, 0.05) is 11.1 Å². The fourth-order valence-corrected chi connectivity index (χ4v) is 5.37. The SMILES string of the molecule is Cc1nc2c3c(nn2c(C)c1Cl)C(C)(C)N(C(=O)c1ccccc1CC1CCNCC1)C3. The minimum Gasteiger partial charge on any atom is -0.323 e. The van der Waals surface area contributed by atoms with Gasteiger partial charge in [0.2, 0.25) is 0 Å². The summed E-state index contributed by atoms with van der Waals surface area (Å²) in [6.07, 6.45) is 3.27. The van der Waals surface area contributed by atoms with E-state index in [4.69, 9.17) is 21.7 Å². The summed E-state index contributed by atoms with van der Waals surface area (Å²) in [4.78, 5) is 20.5. The van der Waals surface area contributed by atoms with Crippen molar-refractivity contribution in [2.75, 3.05) is 13.1 Å². The first-order chi connectivity index (χ1) is 15.3. The van der Waals surface area contributed by atoms with Gasteiger partial charge in [-0.25, -0.2) is 9.50 Å². The lowest BCUT2D eigenvalue weighted by atomic mass is 9.88. The number of halogens is 1. The minimum atomic E-state index is -0.533. The molecule has 2 aliphatic rings. The molecule has 0 atom stereocenters. The number of nitrogens with zero attached hydrogens (tertiary/aromatic N) is 4. The Balaban J connectivity index is 1.50. The smallest absolute Gasteiger partial charge is 0.255 e. The first kappa shape index (κ1) is 21.4. The van der Waals surface area contributed by atoms with Crippen molar-refractivity contribution in [2.45, 2.75) is 59.0 Å². The molecular formula is C25H30ClN5O. The van der Waals surface area contributed by atoms with Crippen LogP contribution in [0, 0.1) is 19.8 Å². The van der Waals surface area contributed by atoms with Gasteiger partial charge in [-0.1, -0.05) is 29.8 Å². The zero-order chi connectivity index (χ0) is 22.6. The molecule has 5 rings (SSSR count). The number of rotatable bonds is 3. The standard InChI is InChI=1S/C25H30ClN5O/c1-15-21(26)16(2)31-23(28-15)20-14-30(25(3,4)22(20)29-31)24(32)19-8-6-5-7-18(19)13-17-9-11-27-12-10-17/h5-8,17,27H,9-14H2,1-4H3. The van der Waals surface area contributed by atoms with E-state index in [9.17, 15) is 4.79 Å². The summed E-state index contributed by atoms with van der Waals surface area (Å²) in [5.41, 5.74) is 5.81. The number of aromatic nitrogens is 3. The van der Waals surface area contributed by atoms with Crippen LogP contribution in [0.15, 0.2) is 24.3 Å². The van der Waals surface area contributed by atoms with Gasteiger partial charge in [-0.15, -0.1) is 0 Å². The molecule has 0 aliphatic carbocycles. The van der Waals surface area contributed by atoms with Gasteiger partial charge in [0.05, 0.1) is 34.2 Å². The number of hydrogen-bond acceptors (Lipinski definition) is 4. The average Bonchev–Trinajstić information content (AvgIpc) is 3.27. The molecule has 1 N–H and O–H groups in total. The zero-order valence-electron chi connectivity index (χ0n) is 19.2. The Morgan fingerprint density at radius 1 is 1.22 bits per heavy atom. The monoisotopic (exact) mass is 451 g/mol. The molecule has 3 aromatic rings. The molecule has 0 spiro atoms. The Morgan fingerprint density at radius 2 is 1.94 bits per heavy atom. The third-order valence-corrected chi connectivity index (χ3v) is 7.76. The molecule has 2 aromatic heterocycles. The topological polar surface area (TPSA) is 62.5 Å². The lowest BCUT2D eigenvalue weighted by Gasteiger charge is -2.32. The number of hydrogen-bond donors (Lipinski definition) is 1. The van der Waals surface area contributed by atoms with Crippen LogP contribution in [0.2, 0.25) is 5.02 Å². The molecule has 1 amide bonds. The summed E-state index contributed by atoms with van der Waals surface area (Å²) >= 11 is 6.42. The van der Waals surface area contributed by atoms with Crippen LogP contribution >= 0.6 is 11.6 Å². The molecule has 168 valence electrons. The molecule has 32 heavy (non-hydrogen) atoms. The molecule has 1 aromatic carbocycles. The predicted octanol–water partition coefficient (Wildman–Crippen LogP) is 4.43. The highest BCUT2D eigenvalue weighted by Gasteiger charge is 2.45. The van der Waals surface area contributed by atoms with E-state index in [-0.39, 0.29) is 5.91 Å². The second-order valence-corrected chi connectivity index (χ2v) is 10.0. The number of carbonyl (C=O) groups is 1. The summed E-state index contributed by atoms with van der Waals surface area (Å²) in [5, 5.41) is 8.92. The number of piperidine rings is 1. The molecule has 2 aliphatic heterocycles. The molecule has 4 heterocycles. The van der Waals surface area contributed by atoms with Crippen molar-refractivity contribution in [1.29, 1.82) is 0 Å². The first-order valence-corrected chi connectivity index (χ1v) is 11.8. The maximum Gasteiger partial charge on any atom is 0.255 e. The van der Waals surface area contributed by atoms with E-state index in [1.165, 1.54) is 0 Å². The van der Waals surface area contributed by atoms with Gasteiger partial charge in [-0.05, 0) is 77.6 Å². The normalized spacial score (nSPS) is 18.3. The Kier molecular flexibility index (Phi) is 5.25. The van der Waals surface area contributed by atoms with E-state index in [2.05, 4.69) is 25.2 Å². The molecule has 1 saturated heterocycles. The van der Waals surface area contributed by atoms with Crippen molar-refractivity contribution in [3.63, 3.8) is 0 Å². The summed E-state index contributed by atoms with van der Waals surface area (Å²) < 4.78 is 1.83. The van der Waals surface area contributed by atoms with Crippen LogP contribution in [-0.4, -0.2) is 38.5 Å². The third-order valence-electron chi connectivity index (χ3n) is 7.21. The lowest BCUT2D eigenvalue weighted by Crippen LogP contribution is -2.41. The van der Waals surface area contributed by atoms with Crippen LogP contribution in [0.3, 0.4) is 0 Å². The largest absolute Gasteiger partial charge is 0.323 e. The summed E-state index contributed by atoms with van der Waals surface area (Å²) in [6.45, 7) is 10.6. The highest BCUT2D eigenvalue weighted by Crippen LogP contribution is 2.41. The van der Waals surface area contributed by atoms with Crippen molar-refractivity contribution in [1.82, 2.24) is 24.8 Å². The van der Waals surface area contributed by atoms with E-state index in [1.54, 1.807) is 0 Å². The summed E-state index contributed by atoms with van der Waals surface area (Å²) in [6, 6.07) is 8.10. The third kappa shape index (κ3) is 3.32. The van der Waals surface area contributed by atoms with Crippen LogP contribution in [0.5, 0.6) is 0 Å². The fraction of sp³-hybridized carbons (Fsp3) is 0.480. The van der Waals surface area contributed by atoms with Gasteiger partial charge in [-0.2, -0.15) is 5.10 Å². The second kappa shape index (κ2) is 7.85. The second-order valence-electron chi connectivity index (χ2n) is 9.66. The van der Waals surface area contributed by atoms with E-state index < -0.39 is 5.54 Å². The van der Waals surface area contributed by atoms with Gasteiger partial charge in [0.1, 0.15) is 0 Å². The molecule has 0 bridgehead atoms. The molecular weight excluding hydrogens is 422 g/mol. The maximum absolute atomic E-state index is 13.9. The summed E-state index contributed by atoms with van der Waals surface area (Å²) in [7, 11) is 0. The number of fused-ring (bicyclic) bond motifs is 3. The Hall–Kier alpha value is -2.44. The number of carbonyl (C=O) groups excluding carboxylic acids is 1. The Labute approximate surface area is 194 Å². The Bertz CT molecular complexity index is 1210. The van der Waals surface area contributed by atoms with E-state index in [1.807, 2.05) is 41.5 Å². The Morgan fingerprint density at radius 3 is 2.69 bits per heavy atom. The van der Waals surface area contributed by atoms with Crippen LogP contribution in [0.4, 0.5) is 0 Å². The molecule has 0 radical (unpaired) electrons. The van der Waals surface area contributed by atoms with Crippen molar-refractivity contribution < 1.29 is 4.79 Å². The number of amides is 1. The number of benzene rings is 1. The highest BCUT2D eigenvalue weighted by molar-refractivity contribution is 6.31. The van der Waals surface area contributed by atoms with Crippen molar-refractivity contribution in [3.8, 4) is 0 Å². The fourth-order valence-electron chi connectivity index (χ4n) is 5.25. The van der Waals surface area contributed by atoms with Gasteiger partial charge < -0.3 is 10.2 Å². The van der Waals surface area contributed by atoms with Crippen LogP contribution in [0.25, 0.3) is 5.65 Å². The van der Waals surface area contributed by atoms with Crippen molar-refractivity contribution >= 4 is 23.2 Å². The molecule has 7 heteroatoms. The van der Waals surface area contributed by atoms with E-state index in [0.29, 0.717) is 17.5 Å². The van der Waals surface area contributed by atoms with E-state index in [0.717, 1.165) is 71.8 Å². The van der Waals surface area contributed by atoms with Crippen LogP contribution in [0.1, 0.15) is 65.3 Å².